The maximum atomic E-state index is 12.5. The number of hydrogen-bond donors (Lipinski definition) is 2. The molecule has 6 nitrogen and oxygen atoms in total. The quantitative estimate of drug-likeness (QED) is 0.354. The average molecular weight is 474 g/mol. The van der Waals surface area contributed by atoms with Crippen LogP contribution in [0.25, 0.3) is 11.3 Å². The summed E-state index contributed by atoms with van der Waals surface area (Å²) in [6.45, 7) is 2.50. The number of rotatable bonds is 6. The Morgan fingerprint density at radius 3 is 2.53 bits per heavy atom. The number of aromatic amines is 1. The minimum Gasteiger partial charge on any atom is -0.493 e. The molecular formula is C27H24ClN3O3. The van der Waals surface area contributed by atoms with E-state index < -0.39 is 0 Å². The third kappa shape index (κ3) is 4.37. The van der Waals surface area contributed by atoms with Crippen LogP contribution in [0.4, 0.5) is 5.82 Å². The Bertz CT molecular complexity index is 1330. The van der Waals surface area contributed by atoms with Crippen molar-refractivity contribution in [3.63, 3.8) is 0 Å². The molecule has 1 unspecified atom stereocenters. The van der Waals surface area contributed by atoms with Gasteiger partial charge in [-0.05, 0) is 42.3 Å². The Hall–Kier alpha value is -3.77. The molecule has 3 aromatic carbocycles. The van der Waals surface area contributed by atoms with Crippen molar-refractivity contribution in [3.8, 4) is 22.8 Å². The SMILES string of the molecule is COc1cc(C2CC(=O)Nc3n[nH]c(-c4ccc(Cl)cc4)c32)ccc1OCc1ccc(C)cc1. The lowest BCUT2D eigenvalue weighted by Gasteiger charge is -2.24. The molecule has 0 bridgehead atoms. The number of fused-ring (bicyclic) bond motifs is 1. The number of nitrogens with one attached hydrogen (secondary N) is 2. The molecule has 2 heterocycles. The predicted octanol–water partition coefficient (Wildman–Crippen LogP) is 6.10. The first-order valence-corrected chi connectivity index (χ1v) is 11.4. The number of carbonyl (C=O) groups is 1. The van der Waals surface area contributed by atoms with Gasteiger partial charge in [0.15, 0.2) is 17.3 Å². The van der Waals surface area contributed by atoms with Gasteiger partial charge in [0.05, 0.1) is 12.8 Å². The summed E-state index contributed by atoms with van der Waals surface area (Å²) in [4.78, 5) is 12.5. The minimum absolute atomic E-state index is 0.0784. The molecular weight excluding hydrogens is 450 g/mol. The first-order chi connectivity index (χ1) is 16.5. The van der Waals surface area contributed by atoms with Gasteiger partial charge in [0.2, 0.25) is 5.91 Å². The normalized spacial score (nSPS) is 14.9. The van der Waals surface area contributed by atoms with Crippen molar-refractivity contribution in [2.75, 3.05) is 12.4 Å². The average Bonchev–Trinajstić information content (AvgIpc) is 3.27. The molecule has 172 valence electrons. The number of carbonyl (C=O) groups excluding carboxylic acids is 1. The number of methoxy groups -OCH3 is 1. The van der Waals surface area contributed by atoms with Gasteiger partial charge in [-0.25, -0.2) is 0 Å². The fourth-order valence-electron chi connectivity index (χ4n) is 4.24. The number of amides is 1. The molecule has 0 saturated carbocycles. The van der Waals surface area contributed by atoms with Gasteiger partial charge in [0.1, 0.15) is 6.61 Å². The summed E-state index contributed by atoms with van der Waals surface area (Å²) in [6.07, 6.45) is 0.305. The topological polar surface area (TPSA) is 76.2 Å². The first-order valence-electron chi connectivity index (χ1n) is 11.0. The molecule has 1 aliphatic rings. The second kappa shape index (κ2) is 9.23. The largest absolute Gasteiger partial charge is 0.493 e. The standard InChI is InChI=1S/C27H24ClN3O3/c1-16-3-5-17(6-4-16)15-34-22-12-9-19(13-23(22)33-2)21-14-24(32)29-27-25(21)26(30-31-27)18-7-10-20(28)11-8-18/h3-13,21H,14-15H2,1-2H3,(H2,29,30,31,32). The molecule has 0 spiro atoms. The van der Waals surface area contributed by atoms with E-state index in [9.17, 15) is 4.79 Å². The minimum atomic E-state index is -0.187. The highest BCUT2D eigenvalue weighted by Crippen LogP contribution is 2.43. The van der Waals surface area contributed by atoms with Crippen LogP contribution in [-0.2, 0) is 11.4 Å². The van der Waals surface area contributed by atoms with Crippen LogP contribution in [0, 0.1) is 6.92 Å². The third-order valence-electron chi connectivity index (χ3n) is 6.04. The Labute approximate surface area is 202 Å². The van der Waals surface area contributed by atoms with Crippen LogP contribution in [0.5, 0.6) is 11.5 Å². The molecule has 0 fully saturated rings. The molecule has 0 aliphatic carbocycles. The van der Waals surface area contributed by atoms with Crippen LogP contribution in [0.1, 0.15) is 34.6 Å². The maximum absolute atomic E-state index is 12.5. The molecule has 0 radical (unpaired) electrons. The summed E-state index contributed by atoms with van der Waals surface area (Å²) in [5, 5.41) is 11.0. The number of halogens is 1. The van der Waals surface area contributed by atoms with Crippen LogP contribution in [-0.4, -0.2) is 23.2 Å². The van der Waals surface area contributed by atoms with E-state index in [4.69, 9.17) is 21.1 Å². The summed E-state index contributed by atoms with van der Waals surface area (Å²) < 4.78 is 11.7. The Balaban J connectivity index is 1.47. The third-order valence-corrected chi connectivity index (χ3v) is 6.29. The lowest BCUT2D eigenvalue weighted by molar-refractivity contribution is -0.116. The van der Waals surface area contributed by atoms with E-state index in [2.05, 4.69) is 46.7 Å². The molecule has 1 aromatic heterocycles. The van der Waals surface area contributed by atoms with Crippen molar-refractivity contribution in [2.45, 2.75) is 25.9 Å². The lowest BCUT2D eigenvalue weighted by Crippen LogP contribution is -2.23. The highest BCUT2D eigenvalue weighted by molar-refractivity contribution is 6.30. The van der Waals surface area contributed by atoms with Gasteiger partial charge in [-0.15, -0.1) is 0 Å². The van der Waals surface area contributed by atoms with E-state index in [0.717, 1.165) is 27.9 Å². The van der Waals surface area contributed by atoms with Crippen molar-refractivity contribution in [1.29, 1.82) is 0 Å². The second-order valence-corrected chi connectivity index (χ2v) is 8.79. The Kier molecular flexibility index (Phi) is 5.99. The van der Waals surface area contributed by atoms with E-state index in [0.29, 0.717) is 35.4 Å². The smallest absolute Gasteiger partial charge is 0.226 e. The van der Waals surface area contributed by atoms with Crippen LogP contribution in [0.3, 0.4) is 0 Å². The molecule has 1 amide bonds. The monoisotopic (exact) mass is 473 g/mol. The molecule has 34 heavy (non-hydrogen) atoms. The second-order valence-electron chi connectivity index (χ2n) is 8.36. The number of H-pyrrole nitrogens is 1. The zero-order chi connectivity index (χ0) is 23.7. The number of aromatic nitrogens is 2. The van der Waals surface area contributed by atoms with Gasteiger partial charge in [-0.3, -0.25) is 9.89 Å². The predicted molar refractivity (Wildman–Crippen MR) is 133 cm³/mol. The highest BCUT2D eigenvalue weighted by Gasteiger charge is 2.32. The van der Waals surface area contributed by atoms with E-state index in [-0.39, 0.29) is 11.8 Å². The highest BCUT2D eigenvalue weighted by atomic mass is 35.5. The van der Waals surface area contributed by atoms with Gasteiger partial charge >= 0.3 is 0 Å². The molecule has 7 heteroatoms. The molecule has 1 atom stereocenters. The van der Waals surface area contributed by atoms with E-state index in [1.165, 1.54) is 5.56 Å². The van der Waals surface area contributed by atoms with Gasteiger partial charge in [0.25, 0.3) is 0 Å². The van der Waals surface area contributed by atoms with Crippen LogP contribution < -0.4 is 14.8 Å². The van der Waals surface area contributed by atoms with E-state index in [1.807, 2.05) is 42.5 Å². The zero-order valence-corrected chi connectivity index (χ0v) is 19.6. The molecule has 4 aromatic rings. The first kappa shape index (κ1) is 22.0. The number of aryl methyl sites for hydroxylation is 1. The zero-order valence-electron chi connectivity index (χ0n) is 18.9. The van der Waals surface area contributed by atoms with Gasteiger partial charge in [-0.2, -0.15) is 5.10 Å². The molecule has 1 aliphatic heterocycles. The van der Waals surface area contributed by atoms with Crippen molar-refractivity contribution in [1.82, 2.24) is 10.2 Å². The molecule has 2 N–H and O–H groups in total. The fourth-order valence-corrected chi connectivity index (χ4v) is 4.37. The lowest BCUT2D eigenvalue weighted by atomic mass is 9.84. The van der Waals surface area contributed by atoms with Gasteiger partial charge in [-0.1, -0.05) is 59.6 Å². The van der Waals surface area contributed by atoms with Crippen molar-refractivity contribution >= 4 is 23.3 Å². The van der Waals surface area contributed by atoms with E-state index >= 15 is 0 Å². The summed E-state index contributed by atoms with van der Waals surface area (Å²) in [5.41, 5.74) is 5.99. The molecule has 5 rings (SSSR count). The van der Waals surface area contributed by atoms with Gasteiger partial charge < -0.3 is 14.8 Å². The maximum Gasteiger partial charge on any atom is 0.226 e. The van der Waals surface area contributed by atoms with Crippen LogP contribution in [0.2, 0.25) is 5.02 Å². The number of nitrogens with zero attached hydrogens (tertiary/aromatic N) is 1. The Morgan fingerprint density at radius 2 is 1.79 bits per heavy atom. The number of anilines is 1. The van der Waals surface area contributed by atoms with E-state index in [1.54, 1.807) is 7.11 Å². The van der Waals surface area contributed by atoms with Crippen LogP contribution in [0.15, 0.2) is 66.7 Å². The number of ether oxygens (including phenoxy) is 2. The summed E-state index contributed by atoms with van der Waals surface area (Å²) in [7, 11) is 1.62. The van der Waals surface area contributed by atoms with Crippen molar-refractivity contribution in [3.05, 3.63) is 94.0 Å². The van der Waals surface area contributed by atoms with Crippen molar-refractivity contribution in [2.24, 2.45) is 0 Å². The fraction of sp³-hybridized carbons (Fsp3) is 0.185. The number of benzene rings is 3. The van der Waals surface area contributed by atoms with Gasteiger partial charge in [0, 0.05) is 28.5 Å². The Morgan fingerprint density at radius 1 is 1.03 bits per heavy atom. The van der Waals surface area contributed by atoms with Crippen molar-refractivity contribution < 1.29 is 14.3 Å². The summed E-state index contributed by atoms with van der Waals surface area (Å²) in [6, 6.07) is 21.6. The molecule has 0 saturated heterocycles. The summed E-state index contributed by atoms with van der Waals surface area (Å²) in [5.74, 6) is 1.55. The van der Waals surface area contributed by atoms with Crippen LogP contribution >= 0.6 is 11.6 Å². The summed E-state index contributed by atoms with van der Waals surface area (Å²) >= 11 is 6.07. The number of hydrogen-bond acceptors (Lipinski definition) is 4.